The number of aromatic nitrogens is 2. The highest BCUT2D eigenvalue weighted by Gasteiger charge is 2.38. The fourth-order valence-corrected chi connectivity index (χ4v) is 9.09. The molecule has 5 atom stereocenters. The van der Waals surface area contributed by atoms with Gasteiger partial charge in [0.15, 0.2) is 17.3 Å². The zero-order valence-corrected chi connectivity index (χ0v) is 53.5. The van der Waals surface area contributed by atoms with E-state index in [2.05, 4.69) is 62.6 Å². The van der Waals surface area contributed by atoms with Gasteiger partial charge in [0.1, 0.15) is 66.0 Å². The summed E-state index contributed by atoms with van der Waals surface area (Å²) in [4.78, 5) is 121. The van der Waals surface area contributed by atoms with Crippen LogP contribution in [0.15, 0.2) is 54.6 Å². The number of aliphatic hydroxyl groups is 1. The number of aromatic hydroxyl groups is 1. The van der Waals surface area contributed by atoms with Crippen LogP contribution in [0.5, 0.6) is 17.2 Å². The molecular formula is C63H87N9O16. The third-order valence-electron chi connectivity index (χ3n) is 13.3. The molecule has 0 saturated heterocycles. The minimum absolute atomic E-state index is 0.0470. The summed E-state index contributed by atoms with van der Waals surface area (Å²) in [6, 6.07) is 8.97. The van der Waals surface area contributed by atoms with Crippen LogP contribution in [0.25, 0.3) is 22.5 Å². The van der Waals surface area contributed by atoms with E-state index in [1.54, 1.807) is 88.3 Å². The molecule has 88 heavy (non-hydrogen) atoms. The number of carbonyl (C=O) groups excluding carboxylic acids is 8. The van der Waals surface area contributed by atoms with Gasteiger partial charge in [0.05, 0.1) is 37.2 Å². The third kappa shape index (κ3) is 20.4. The fraction of sp³-hybridized carbons (Fsp3) is 0.524. The molecule has 0 saturated carbocycles. The molecule has 4 aromatic rings. The number of ether oxygens (including phenoxy) is 6. The van der Waals surface area contributed by atoms with E-state index in [0.717, 1.165) is 17.6 Å². The lowest BCUT2D eigenvalue weighted by Gasteiger charge is -2.33. The number of nitrogens with one attached hydrogen (secondary N) is 6. The van der Waals surface area contributed by atoms with Crippen molar-refractivity contribution in [2.75, 3.05) is 47.0 Å². The molecule has 1 aliphatic heterocycles. The van der Waals surface area contributed by atoms with Crippen molar-refractivity contribution in [2.45, 2.75) is 169 Å². The summed E-state index contributed by atoms with van der Waals surface area (Å²) in [5, 5.41) is 39.3. The lowest BCUT2D eigenvalue weighted by molar-refractivity contribution is -0.145. The average molecular weight is 1230 g/mol. The summed E-state index contributed by atoms with van der Waals surface area (Å²) in [5.74, 6) is -4.83. The summed E-state index contributed by atoms with van der Waals surface area (Å²) >= 11 is 0. The van der Waals surface area contributed by atoms with Crippen LogP contribution in [-0.2, 0) is 50.0 Å². The first-order valence-corrected chi connectivity index (χ1v) is 28.9. The third-order valence-corrected chi connectivity index (χ3v) is 13.3. The number of nitrogens with zero attached hydrogens (tertiary/aromatic N) is 3. The SMILES string of the molecule is COC(=O)[C@@H]1Cc2ccc(OCCNC(=O)OC(C)(C)C)c(c2)-c2cc(cc(OC[C@H](O)CNC(=O)OC(C)(C)C)c2O)[C@H](N(C)C(=O)[C@H](CCNC(=O)OC(C)(C)C)NC(=O)c2c(C)nc(-c3ccc(C(C)(C)C)cc3)nc2C)C(=O)N[C@@H](C)C(=O)N1. The second-order valence-corrected chi connectivity index (χ2v) is 25.4. The highest BCUT2D eigenvalue weighted by molar-refractivity contribution is 6.00. The van der Waals surface area contributed by atoms with Crippen molar-refractivity contribution >= 4 is 47.9 Å². The first-order valence-electron chi connectivity index (χ1n) is 28.9. The van der Waals surface area contributed by atoms with Gasteiger partial charge in [-0.05, 0) is 136 Å². The van der Waals surface area contributed by atoms with E-state index in [4.69, 9.17) is 28.4 Å². The van der Waals surface area contributed by atoms with Gasteiger partial charge in [-0.15, -0.1) is 0 Å². The van der Waals surface area contributed by atoms with Crippen molar-refractivity contribution in [2.24, 2.45) is 0 Å². The minimum Gasteiger partial charge on any atom is -0.504 e. The average Bonchev–Trinajstić information content (AvgIpc) is 0.875. The Balaban J connectivity index is 1.69. The monoisotopic (exact) mass is 1230 g/mol. The number of benzene rings is 3. The first-order chi connectivity index (χ1) is 40.8. The van der Waals surface area contributed by atoms with Gasteiger partial charge >= 0.3 is 24.2 Å². The van der Waals surface area contributed by atoms with E-state index in [1.807, 2.05) is 24.3 Å². The number of likely N-dealkylation sites (N-methyl/N-ethyl adjacent to an activating group) is 1. The van der Waals surface area contributed by atoms with Crippen LogP contribution in [-0.4, -0.2) is 161 Å². The predicted molar refractivity (Wildman–Crippen MR) is 326 cm³/mol. The number of hydrogen-bond donors (Lipinski definition) is 8. The van der Waals surface area contributed by atoms with Crippen molar-refractivity contribution in [3.05, 3.63) is 88.2 Å². The minimum atomic E-state index is -1.79. The number of hydrogen-bond acceptors (Lipinski definition) is 18. The summed E-state index contributed by atoms with van der Waals surface area (Å²) < 4.78 is 33.6. The summed E-state index contributed by atoms with van der Waals surface area (Å²) in [7, 11) is 2.40. The Labute approximate surface area is 514 Å². The molecule has 3 aromatic carbocycles. The van der Waals surface area contributed by atoms with Gasteiger partial charge in [-0.25, -0.2) is 29.1 Å². The lowest BCUT2D eigenvalue weighted by Crippen LogP contribution is -2.55. The van der Waals surface area contributed by atoms with Crippen LogP contribution in [0, 0.1) is 13.8 Å². The van der Waals surface area contributed by atoms with Crippen LogP contribution in [0.4, 0.5) is 14.4 Å². The molecule has 4 bridgehead atoms. The van der Waals surface area contributed by atoms with Gasteiger partial charge < -0.3 is 75.4 Å². The molecule has 1 aromatic heterocycles. The lowest BCUT2D eigenvalue weighted by atomic mass is 9.86. The molecule has 2 heterocycles. The van der Waals surface area contributed by atoms with E-state index < -0.39 is 107 Å². The number of amides is 7. The molecule has 8 N–H and O–H groups in total. The Morgan fingerprint density at radius 3 is 1.84 bits per heavy atom. The number of aryl methyl sites for hydroxylation is 2. The molecule has 7 amide bonds. The topological polar surface area (TPSA) is 334 Å². The van der Waals surface area contributed by atoms with E-state index in [-0.39, 0.29) is 89.6 Å². The van der Waals surface area contributed by atoms with Gasteiger partial charge in [0.25, 0.3) is 5.91 Å². The quantitative estimate of drug-likeness (QED) is 0.0298. The Morgan fingerprint density at radius 2 is 1.28 bits per heavy atom. The standard InChI is InChI=1S/C63H87N9O16/c1-34-48(35(2)68-51(67-34)38-19-21-40(22-20-38)60(4,5)6)53(76)70-44(24-25-64-57(80)86-61(7,8)9)55(78)72(16)49-39-30-43(50(74)47(31-39)85-33-41(73)32-66-59(82)88-63(13,14)15)42-28-37(18-23-46(42)84-27-26-65-58(81)87-62(10,11)12)29-45(56(79)83-17)71-52(75)36(3)69-54(49)77/h18-23,28,30-31,36,41,44-45,49,73-74H,24-27,29,32-33H2,1-17H3,(H,64,80)(H,65,81)(H,66,82)(H,69,77)(H,70,76)(H,71,75)/t36-,41+,44-,45-,49-/m0/s1. The maximum atomic E-state index is 15.5. The van der Waals surface area contributed by atoms with Crippen LogP contribution in [0.3, 0.4) is 0 Å². The molecule has 0 radical (unpaired) electrons. The van der Waals surface area contributed by atoms with Crippen molar-refractivity contribution in [3.8, 4) is 39.8 Å². The van der Waals surface area contributed by atoms with Gasteiger partial charge in [0, 0.05) is 36.7 Å². The van der Waals surface area contributed by atoms with Crippen molar-refractivity contribution in [1.29, 1.82) is 0 Å². The molecule has 480 valence electrons. The number of esters is 1. The molecule has 1 aliphatic rings. The van der Waals surface area contributed by atoms with Gasteiger partial charge in [-0.2, -0.15) is 0 Å². The molecule has 0 aliphatic carbocycles. The van der Waals surface area contributed by atoms with Crippen molar-refractivity contribution < 1.29 is 77.0 Å². The Bertz CT molecular complexity index is 3170. The van der Waals surface area contributed by atoms with Crippen LogP contribution < -0.4 is 41.4 Å². The number of carbonyl (C=O) groups is 8. The van der Waals surface area contributed by atoms with Gasteiger partial charge in [0.2, 0.25) is 17.7 Å². The van der Waals surface area contributed by atoms with Gasteiger partial charge in [-0.1, -0.05) is 51.1 Å². The highest BCUT2D eigenvalue weighted by atomic mass is 16.6. The van der Waals surface area contributed by atoms with E-state index in [0.29, 0.717) is 17.0 Å². The Hall–Kier alpha value is -8.74. The Morgan fingerprint density at radius 1 is 0.716 bits per heavy atom. The van der Waals surface area contributed by atoms with Crippen molar-refractivity contribution in [3.63, 3.8) is 0 Å². The van der Waals surface area contributed by atoms with Crippen molar-refractivity contribution in [1.82, 2.24) is 46.8 Å². The maximum absolute atomic E-state index is 15.5. The number of rotatable bonds is 18. The first kappa shape index (κ1) is 70.0. The molecular weight excluding hydrogens is 1140 g/mol. The van der Waals surface area contributed by atoms with E-state index >= 15 is 9.59 Å². The van der Waals surface area contributed by atoms with Crippen LogP contribution in [0.1, 0.15) is 141 Å². The summed E-state index contributed by atoms with van der Waals surface area (Å²) in [6.07, 6.45) is -4.26. The number of aliphatic hydroxyl groups excluding tert-OH is 1. The van der Waals surface area contributed by atoms with E-state index in [1.165, 1.54) is 32.2 Å². The Kier molecular flexibility index (Phi) is 23.3. The molecule has 25 nitrogen and oxygen atoms in total. The molecule has 0 fully saturated rings. The number of phenolic OH excluding ortho intramolecular Hbond substituents is 1. The fourth-order valence-electron chi connectivity index (χ4n) is 9.09. The number of alkyl carbamates (subject to hydrolysis) is 3. The normalized spacial score (nSPS) is 16.2. The number of phenols is 1. The van der Waals surface area contributed by atoms with E-state index in [9.17, 15) is 39.0 Å². The van der Waals surface area contributed by atoms with Crippen LogP contribution in [0.2, 0.25) is 0 Å². The smallest absolute Gasteiger partial charge is 0.407 e. The summed E-state index contributed by atoms with van der Waals surface area (Å²) in [5.41, 5.74) is 0.0791. The number of methoxy groups -OCH3 is 1. The molecule has 25 heteroatoms. The molecule has 0 unspecified atom stereocenters. The number of fused-ring (bicyclic) bond motifs is 5. The maximum Gasteiger partial charge on any atom is 0.407 e. The molecule has 0 spiro atoms. The second kappa shape index (κ2) is 29.3. The second-order valence-electron chi connectivity index (χ2n) is 25.4. The predicted octanol–water partition coefficient (Wildman–Crippen LogP) is 6.53. The zero-order valence-electron chi connectivity index (χ0n) is 53.5. The summed E-state index contributed by atoms with van der Waals surface area (Å²) in [6.45, 7) is 24.5. The molecule has 5 rings (SSSR count). The largest absolute Gasteiger partial charge is 0.504 e. The van der Waals surface area contributed by atoms with Gasteiger partial charge in [-0.3, -0.25) is 19.2 Å². The zero-order chi connectivity index (χ0) is 65.8. The van der Waals surface area contributed by atoms with Crippen LogP contribution >= 0.6 is 0 Å². The highest BCUT2D eigenvalue weighted by Crippen LogP contribution is 2.45.